The molecule has 0 aromatic carbocycles. The van der Waals surface area contributed by atoms with Crippen LogP contribution in [0.5, 0.6) is 0 Å². The van der Waals surface area contributed by atoms with Gasteiger partial charge in [0, 0.05) is 24.9 Å². The normalized spacial score (nSPS) is 35.3. The SMILES string of the molecule is CCC(=O)OC1CC2CCC(C1C(=O)OC)N2C. The smallest absolute Gasteiger partial charge is 0.314 e. The van der Waals surface area contributed by atoms with Crippen LogP contribution in [-0.4, -0.2) is 49.2 Å². The summed E-state index contributed by atoms with van der Waals surface area (Å²) in [5.41, 5.74) is 0. The molecule has 0 aliphatic carbocycles. The molecule has 2 bridgehead atoms. The van der Waals surface area contributed by atoms with Crippen LogP contribution in [0.15, 0.2) is 0 Å². The summed E-state index contributed by atoms with van der Waals surface area (Å²) in [6.45, 7) is 1.76. The quantitative estimate of drug-likeness (QED) is 0.703. The van der Waals surface area contributed by atoms with Gasteiger partial charge in [-0.25, -0.2) is 0 Å². The van der Waals surface area contributed by atoms with E-state index in [4.69, 9.17) is 9.47 Å². The molecule has 0 aromatic rings. The minimum Gasteiger partial charge on any atom is -0.469 e. The Labute approximate surface area is 107 Å². The highest BCUT2D eigenvalue weighted by Gasteiger charge is 2.50. The Morgan fingerprint density at radius 3 is 2.67 bits per heavy atom. The molecule has 2 aliphatic rings. The van der Waals surface area contributed by atoms with E-state index in [9.17, 15) is 9.59 Å². The molecule has 4 unspecified atom stereocenters. The predicted molar refractivity (Wildman–Crippen MR) is 64.9 cm³/mol. The standard InChI is InChI=1S/C13H21NO4/c1-4-11(15)18-10-7-8-5-6-9(14(8)2)12(10)13(16)17-3/h8-10,12H,4-7H2,1-3H3. The third kappa shape index (κ3) is 2.23. The number of fused-ring (bicyclic) bond motifs is 2. The van der Waals surface area contributed by atoms with Gasteiger partial charge >= 0.3 is 11.9 Å². The first-order valence-electron chi connectivity index (χ1n) is 6.57. The fraction of sp³-hybridized carbons (Fsp3) is 0.846. The Balaban J connectivity index is 2.16. The van der Waals surface area contributed by atoms with Gasteiger partial charge in [-0.15, -0.1) is 0 Å². The molecule has 2 rings (SSSR count). The van der Waals surface area contributed by atoms with Crippen molar-refractivity contribution in [3.63, 3.8) is 0 Å². The van der Waals surface area contributed by atoms with E-state index in [-0.39, 0.29) is 30.0 Å². The average molecular weight is 255 g/mol. The molecule has 2 aliphatic heterocycles. The van der Waals surface area contributed by atoms with Crippen molar-refractivity contribution in [1.82, 2.24) is 4.90 Å². The molecule has 0 saturated carbocycles. The molecule has 5 heteroatoms. The van der Waals surface area contributed by atoms with Crippen molar-refractivity contribution >= 4 is 11.9 Å². The second-order valence-corrected chi connectivity index (χ2v) is 5.13. The maximum absolute atomic E-state index is 11.9. The number of carbonyl (C=O) groups excluding carboxylic acids is 2. The largest absolute Gasteiger partial charge is 0.469 e. The molecule has 4 atom stereocenters. The van der Waals surface area contributed by atoms with E-state index in [0.717, 1.165) is 19.3 Å². The molecule has 0 radical (unpaired) electrons. The Morgan fingerprint density at radius 1 is 1.33 bits per heavy atom. The van der Waals surface area contributed by atoms with Gasteiger partial charge in [-0.05, 0) is 19.9 Å². The minimum absolute atomic E-state index is 0.144. The van der Waals surface area contributed by atoms with Crippen LogP contribution in [-0.2, 0) is 19.1 Å². The lowest BCUT2D eigenvalue weighted by Crippen LogP contribution is -2.53. The van der Waals surface area contributed by atoms with Gasteiger partial charge < -0.3 is 9.47 Å². The molecule has 5 nitrogen and oxygen atoms in total. The van der Waals surface area contributed by atoms with Crippen LogP contribution in [0.1, 0.15) is 32.6 Å². The average Bonchev–Trinajstić information content (AvgIpc) is 2.62. The third-order valence-corrected chi connectivity index (χ3v) is 4.26. The van der Waals surface area contributed by atoms with Crippen LogP contribution in [0, 0.1) is 5.92 Å². The van der Waals surface area contributed by atoms with Gasteiger partial charge in [-0.1, -0.05) is 6.92 Å². The highest BCUT2D eigenvalue weighted by Crippen LogP contribution is 2.40. The zero-order chi connectivity index (χ0) is 13.3. The Bertz CT molecular complexity index is 344. The van der Waals surface area contributed by atoms with Crippen molar-refractivity contribution in [3.8, 4) is 0 Å². The maximum Gasteiger partial charge on any atom is 0.314 e. The summed E-state index contributed by atoms with van der Waals surface area (Å²) in [6.07, 6.45) is 2.79. The van der Waals surface area contributed by atoms with Crippen molar-refractivity contribution in [1.29, 1.82) is 0 Å². The number of esters is 2. The summed E-state index contributed by atoms with van der Waals surface area (Å²) < 4.78 is 10.3. The van der Waals surface area contributed by atoms with Gasteiger partial charge in [0.25, 0.3) is 0 Å². The molecule has 0 amide bonds. The van der Waals surface area contributed by atoms with Crippen molar-refractivity contribution in [2.45, 2.75) is 50.8 Å². The molecule has 0 aromatic heterocycles. The molecule has 0 N–H and O–H groups in total. The Hall–Kier alpha value is -1.10. The number of hydrogen-bond acceptors (Lipinski definition) is 5. The third-order valence-electron chi connectivity index (χ3n) is 4.26. The van der Waals surface area contributed by atoms with Gasteiger partial charge in [0.05, 0.1) is 7.11 Å². The van der Waals surface area contributed by atoms with Crippen LogP contribution >= 0.6 is 0 Å². The predicted octanol–water partition coefficient (Wildman–Crippen LogP) is 0.964. The summed E-state index contributed by atoms with van der Waals surface area (Å²) in [7, 11) is 3.43. The fourth-order valence-electron chi connectivity index (χ4n) is 3.24. The van der Waals surface area contributed by atoms with Crippen LogP contribution < -0.4 is 0 Å². The number of nitrogens with zero attached hydrogens (tertiary/aromatic N) is 1. The topological polar surface area (TPSA) is 55.8 Å². The zero-order valence-electron chi connectivity index (χ0n) is 11.2. The van der Waals surface area contributed by atoms with Gasteiger partial charge in [0.15, 0.2) is 0 Å². The summed E-state index contributed by atoms with van der Waals surface area (Å²) in [4.78, 5) is 25.6. The second kappa shape index (κ2) is 5.26. The number of rotatable bonds is 3. The Kier molecular flexibility index (Phi) is 3.90. The highest BCUT2D eigenvalue weighted by molar-refractivity contribution is 5.75. The first-order chi connectivity index (χ1) is 8.58. The summed E-state index contributed by atoms with van der Waals surface area (Å²) in [5.74, 6) is -0.840. The molecule has 18 heavy (non-hydrogen) atoms. The van der Waals surface area contributed by atoms with E-state index in [2.05, 4.69) is 4.90 Å². The van der Waals surface area contributed by atoms with E-state index >= 15 is 0 Å². The lowest BCUT2D eigenvalue weighted by atomic mass is 9.87. The fourth-order valence-corrected chi connectivity index (χ4v) is 3.24. The number of ether oxygens (including phenoxy) is 2. The Morgan fingerprint density at radius 2 is 2.06 bits per heavy atom. The van der Waals surface area contributed by atoms with Crippen molar-refractivity contribution in [2.24, 2.45) is 5.92 Å². The van der Waals surface area contributed by atoms with E-state index in [1.165, 1.54) is 7.11 Å². The molecule has 2 saturated heterocycles. The minimum atomic E-state index is -0.339. The molecular formula is C13H21NO4. The highest BCUT2D eigenvalue weighted by atomic mass is 16.6. The van der Waals surface area contributed by atoms with Crippen LogP contribution in [0.3, 0.4) is 0 Å². The van der Waals surface area contributed by atoms with Gasteiger partial charge in [0.2, 0.25) is 0 Å². The molecular weight excluding hydrogens is 234 g/mol. The van der Waals surface area contributed by atoms with Crippen LogP contribution in [0.2, 0.25) is 0 Å². The van der Waals surface area contributed by atoms with Crippen molar-refractivity contribution in [3.05, 3.63) is 0 Å². The first kappa shape index (κ1) is 13.3. The van der Waals surface area contributed by atoms with E-state index in [0.29, 0.717) is 12.5 Å². The lowest BCUT2D eigenvalue weighted by molar-refractivity contribution is -0.168. The number of piperidine rings is 1. The zero-order valence-corrected chi connectivity index (χ0v) is 11.2. The van der Waals surface area contributed by atoms with Gasteiger partial charge in [-0.2, -0.15) is 0 Å². The van der Waals surface area contributed by atoms with Gasteiger partial charge in [0.1, 0.15) is 12.0 Å². The summed E-state index contributed by atoms with van der Waals surface area (Å²) in [5, 5.41) is 0. The summed E-state index contributed by atoms with van der Waals surface area (Å²) >= 11 is 0. The van der Waals surface area contributed by atoms with Crippen molar-refractivity contribution < 1.29 is 19.1 Å². The summed E-state index contributed by atoms with van der Waals surface area (Å²) in [6, 6.07) is 0.566. The number of hydrogen-bond donors (Lipinski definition) is 0. The maximum atomic E-state index is 11.9. The lowest BCUT2D eigenvalue weighted by Gasteiger charge is -2.40. The number of methoxy groups -OCH3 is 1. The van der Waals surface area contributed by atoms with Gasteiger partial charge in [-0.3, -0.25) is 14.5 Å². The second-order valence-electron chi connectivity index (χ2n) is 5.13. The molecule has 0 spiro atoms. The van der Waals surface area contributed by atoms with E-state index in [1.54, 1.807) is 6.92 Å². The molecule has 2 fully saturated rings. The molecule has 102 valence electrons. The van der Waals surface area contributed by atoms with Crippen LogP contribution in [0.25, 0.3) is 0 Å². The van der Waals surface area contributed by atoms with Crippen molar-refractivity contribution in [2.75, 3.05) is 14.2 Å². The van der Waals surface area contributed by atoms with Crippen LogP contribution in [0.4, 0.5) is 0 Å². The van der Waals surface area contributed by atoms with E-state index in [1.807, 2.05) is 7.05 Å². The first-order valence-corrected chi connectivity index (χ1v) is 6.57. The molecule has 2 heterocycles. The number of carbonyl (C=O) groups is 2. The van der Waals surface area contributed by atoms with E-state index < -0.39 is 0 Å². The monoisotopic (exact) mass is 255 g/mol.